The Balaban J connectivity index is 2.32. The van der Waals surface area contributed by atoms with Gasteiger partial charge in [-0.2, -0.15) is 5.10 Å². The van der Waals surface area contributed by atoms with Gasteiger partial charge in [-0.05, 0) is 59.1 Å². The first kappa shape index (κ1) is 15.2. The van der Waals surface area contributed by atoms with Gasteiger partial charge in [-0.15, -0.1) is 0 Å². The number of nitrogens with zero attached hydrogens (tertiary/aromatic N) is 2. The van der Waals surface area contributed by atoms with E-state index in [1.807, 2.05) is 0 Å². The lowest BCUT2D eigenvalue weighted by Crippen LogP contribution is -2.36. The molecule has 0 amide bonds. The van der Waals surface area contributed by atoms with Gasteiger partial charge in [0.2, 0.25) is 0 Å². The maximum Gasteiger partial charge on any atom is 0.0624 e. The Morgan fingerprint density at radius 2 is 1.89 bits per heavy atom. The Labute approximate surface area is 112 Å². The summed E-state index contributed by atoms with van der Waals surface area (Å²) in [7, 11) is 0. The van der Waals surface area contributed by atoms with E-state index in [9.17, 15) is 0 Å². The number of hydrogen-bond donors (Lipinski definition) is 1. The molecule has 0 radical (unpaired) electrons. The number of aryl methyl sites for hydroxylation is 3. The molecule has 3 nitrogen and oxygen atoms in total. The minimum atomic E-state index is 0.232. The second kappa shape index (κ2) is 6.93. The van der Waals surface area contributed by atoms with Crippen LogP contribution in [0.25, 0.3) is 0 Å². The summed E-state index contributed by atoms with van der Waals surface area (Å²) in [5, 5.41) is 8.17. The van der Waals surface area contributed by atoms with Gasteiger partial charge in [-0.1, -0.05) is 13.8 Å². The normalized spacial score (nSPS) is 12.1. The molecule has 0 aliphatic heterocycles. The third-order valence-electron chi connectivity index (χ3n) is 3.09. The van der Waals surface area contributed by atoms with Crippen molar-refractivity contribution in [3.05, 3.63) is 17.5 Å². The summed E-state index contributed by atoms with van der Waals surface area (Å²) < 4.78 is 2.19. The molecular weight excluding hydrogens is 222 g/mol. The predicted molar refractivity (Wildman–Crippen MR) is 78.0 cm³/mol. The molecule has 0 unspecified atom stereocenters. The van der Waals surface area contributed by atoms with Crippen molar-refractivity contribution in [3.63, 3.8) is 0 Å². The Kier molecular flexibility index (Phi) is 5.86. The lowest BCUT2D eigenvalue weighted by atomic mass is 10.1. The van der Waals surface area contributed by atoms with Gasteiger partial charge in [0, 0.05) is 17.8 Å². The summed E-state index contributed by atoms with van der Waals surface area (Å²) in [5.74, 6) is 0. The van der Waals surface area contributed by atoms with Crippen molar-refractivity contribution in [2.75, 3.05) is 6.54 Å². The second-order valence-electron chi connectivity index (χ2n) is 5.94. The molecule has 0 saturated heterocycles. The topological polar surface area (TPSA) is 29.9 Å². The number of nitrogens with one attached hydrogen (secondary N) is 1. The van der Waals surface area contributed by atoms with Crippen LogP contribution in [0.5, 0.6) is 0 Å². The molecule has 1 rings (SSSR count). The molecule has 0 atom stereocenters. The summed E-state index contributed by atoms with van der Waals surface area (Å²) in [6, 6.07) is 2.24. The van der Waals surface area contributed by atoms with Gasteiger partial charge >= 0.3 is 0 Å². The Bertz CT molecular complexity index is 347. The zero-order chi connectivity index (χ0) is 13.6. The van der Waals surface area contributed by atoms with E-state index in [2.05, 4.69) is 55.8 Å². The van der Waals surface area contributed by atoms with Crippen LogP contribution in [0.4, 0.5) is 0 Å². The van der Waals surface area contributed by atoms with E-state index in [1.54, 1.807) is 0 Å². The van der Waals surface area contributed by atoms with Crippen molar-refractivity contribution < 1.29 is 0 Å². The molecule has 0 saturated carbocycles. The van der Waals surface area contributed by atoms with E-state index in [0.29, 0.717) is 0 Å². The minimum absolute atomic E-state index is 0.232. The Morgan fingerprint density at radius 3 is 2.44 bits per heavy atom. The van der Waals surface area contributed by atoms with Crippen LogP contribution in [0, 0.1) is 0 Å². The average Bonchev–Trinajstić information content (AvgIpc) is 2.69. The summed E-state index contributed by atoms with van der Waals surface area (Å²) in [5.41, 5.74) is 2.82. The maximum atomic E-state index is 4.64. The summed E-state index contributed by atoms with van der Waals surface area (Å²) >= 11 is 0. The molecule has 0 fully saturated rings. The van der Waals surface area contributed by atoms with Gasteiger partial charge in [0.05, 0.1) is 5.69 Å². The van der Waals surface area contributed by atoms with Gasteiger partial charge in [0.15, 0.2) is 0 Å². The van der Waals surface area contributed by atoms with Crippen molar-refractivity contribution >= 4 is 0 Å². The summed E-state index contributed by atoms with van der Waals surface area (Å²) in [6.07, 6.45) is 4.52. The third-order valence-corrected chi connectivity index (χ3v) is 3.09. The number of aromatic nitrogens is 2. The molecule has 104 valence electrons. The highest BCUT2D eigenvalue weighted by molar-refractivity contribution is 5.10. The monoisotopic (exact) mass is 251 g/mol. The molecule has 0 aliphatic carbocycles. The quantitative estimate of drug-likeness (QED) is 0.754. The van der Waals surface area contributed by atoms with Gasteiger partial charge in [0.1, 0.15) is 0 Å². The standard InChI is InChI=1S/C15H29N3/c1-6-13-12-14(7-2)18(17-13)11-9-8-10-16-15(3,4)5/h12,16H,6-11H2,1-5H3. The zero-order valence-electron chi connectivity index (χ0n) is 12.7. The average molecular weight is 251 g/mol. The van der Waals surface area contributed by atoms with Gasteiger partial charge < -0.3 is 5.32 Å². The first-order valence-corrected chi connectivity index (χ1v) is 7.27. The molecule has 0 aromatic carbocycles. The van der Waals surface area contributed by atoms with Crippen LogP contribution in [-0.4, -0.2) is 21.9 Å². The van der Waals surface area contributed by atoms with Crippen molar-refractivity contribution in [2.45, 2.75) is 72.4 Å². The molecule has 0 aliphatic rings. The van der Waals surface area contributed by atoms with E-state index in [-0.39, 0.29) is 5.54 Å². The van der Waals surface area contributed by atoms with Crippen LogP contribution in [0.2, 0.25) is 0 Å². The van der Waals surface area contributed by atoms with Crippen LogP contribution in [0.1, 0.15) is 58.8 Å². The number of unbranched alkanes of at least 4 members (excludes halogenated alkanes) is 1. The smallest absolute Gasteiger partial charge is 0.0624 e. The summed E-state index contributed by atoms with van der Waals surface area (Å²) in [4.78, 5) is 0. The van der Waals surface area contributed by atoms with Crippen molar-refractivity contribution in [1.82, 2.24) is 15.1 Å². The molecule has 18 heavy (non-hydrogen) atoms. The maximum absolute atomic E-state index is 4.64. The first-order valence-electron chi connectivity index (χ1n) is 7.27. The van der Waals surface area contributed by atoms with Crippen LogP contribution < -0.4 is 5.32 Å². The van der Waals surface area contributed by atoms with Gasteiger partial charge in [-0.3, -0.25) is 4.68 Å². The van der Waals surface area contributed by atoms with Crippen LogP contribution >= 0.6 is 0 Å². The number of hydrogen-bond acceptors (Lipinski definition) is 2. The van der Waals surface area contributed by atoms with Crippen LogP contribution in [0.3, 0.4) is 0 Å². The fourth-order valence-corrected chi connectivity index (χ4v) is 2.02. The fourth-order valence-electron chi connectivity index (χ4n) is 2.02. The minimum Gasteiger partial charge on any atom is -0.312 e. The fraction of sp³-hybridized carbons (Fsp3) is 0.800. The molecule has 1 heterocycles. The first-order chi connectivity index (χ1) is 8.46. The SMILES string of the molecule is CCc1cc(CC)n(CCCCNC(C)(C)C)n1. The highest BCUT2D eigenvalue weighted by Gasteiger charge is 2.08. The third kappa shape index (κ3) is 5.21. The second-order valence-corrected chi connectivity index (χ2v) is 5.94. The molecule has 1 aromatic heterocycles. The van der Waals surface area contributed by atoms with Gasteiger partial charge in [0.25, 0.3) is 0 Å². The van der Waals surface area contributed by atoms with E-state index in [1.165, 1.54) is 24.2 Å². The van der Waals surface area contributed by atoms with E-state index in [4.69, 9.17) is 0 Å². The molecule has 1 aromatic rings. The molecule has 0 spiro atoms. The molecule has 3 heteroatoms. The van der Waals surface area contributed by atoms with E-state index in [0.717, 1.165) is 25.9 Å². The van der Waals surface area contributed by atoms with Crippen molar-refractivity contribution in [3.8, 4) is 0 Å². The predicted octanol–water partition coefficient (Wildman–Crippen LogP) is 3.18. The highest BCUT2D eigenvalue weighted by Crippen LogP contribution is 2.08. The van der Waals surface area contributed by atoms with E-state index < -0.39 is 0 Å². The van der Waals surface area contributed by atoms with Gasteiger partial charge in [-0.25, -0.2) is 0 Å². The summed E-state index contributed by atoms with van der Waals surface area (Å²) in [6.45, 7) is 13.1. The molecular formula is C15H29N3. The van der Waals surface area contributed by atoms with Crippen molar-refractivity contribution in [2.24, 2.45) is 0 Å². The Morgan fingerprint density at radius 1 is 1.17 bits per heavy atom. The van der Waals surface area contributed by atoms with E-state index >= 15 is 0 Å². The zero-order valence-corrected chi connectivity index (χ0v) is 12.7. The lowest BCUT2D eigenvalue weighted by Gasteiger charge is -2.20. The largest absolute Gasteiger partial charge is 0.312 e. The Hall–Kier alpha value is -0.830. The molecule has 0 bridgehead atoms. The highest BCUT2D eigenvalue weighted by atomic mass is 15.3. The van der Waals surface area contributed by atoms with Crippen LogP contribution in [0.15, 0.2) is 6.07 Å². The van der Waals surface area contributed by atoms with Crippen LogP contribution in [-0.2, 0) is 19.4 Å². The molecule has 1 N–H and O–H groups in total. The van der Waals surface area contributed by atoms with Crippen molar-refractivity contribution in [1.29, 1.82) is 0 Å². The number of rotatable bonds is 7. The lowest BCUT2D eigenvalue weighted by molar-refractivity contribution is 0.410.